The first-order valence-corrected chi connectivity index (χ1v) is 10.5. The smallest absolute Gasteiger partial charge is 0.316 e. The maximum atomic E-state index is 13.6. The maximum Gasteiger partial charge on any atom is 0.316 e. The second kappa shape index (κ2) is 8.20. The van der Waals surface area contributed by atoms with Gasteiger partial charge in [0.2, 0.25) is 0 Å². The summed E-state index contributed by atoms with van der Waals surface area (Å²) in [5.41, 5.74) is 1.69. The Bertz CT molecular complexity index is 1530. The molecular weight excluding hydrogens is 444 g/mol. The molecule has 162 valence electrons. The summed E-state index contributed by atoms with van der Waals surface area (Å²) >= 11 is 1.18. The molecule has 0 N–H and O–H groups in total. The molecule has 0 bridgehead atoms. The van der Waals surface area contributed by atoms with Crippen molar-refractivity contribution in [2.45, 2.75) is 0 Å². The first-order valence-electron chi connectivity index (χ1n) is 9.65. The standard InChI is InChI=1S/C22H14N6O4S/c1-32-22-23-11-14(12-24-22)20-26-18-17(33-20)21(29)27(15-7-9-16(10-8-15)28(30)31)19(25-18)13-5-3-2-4-6-13/h2-12H,1H3. The maximum absolute atomic E-state index is 13.6. The van der Waals surface area contributed by atoms with E-state index in [2.05, 4.69) is 19.9 Å². The zero-order valence-corrected chi connectivity index (χ0v) is 17.9. The van der Waals surface area contributed by atoms with E-state index >= 15 is 0 Å². The van der Waals surface area contributed by atoms with E-state index in [-0.39, 0.29) is 17.3 Å². The summed E-state index contributed by atoms with van der Waals surface area (Å²) in [7, 11) is 1.47. The van der Waals surface area contributed by atoms with Crippen LogP contribution < -0.4 is 10.3 Å². The lowest BCUT2D eigenvalue weighted by Gasteiger charge is -2.12. The summed E-state index contributed by atoms with van der Waals surface area (Å²) in [6, 6.07) is 15.2. The number of aromatic nitrogens is 5. The fourth-order valence-electron chi connectivity index (χ4n) is 3.27. The van der Waals surface area contributed by atoms with Crippen LogP contribution in [0.25, 0.3) is 38.0 Å². The summed E-state index contributed by atoms with van der Waals surface area (Å²) in [5.74, 6) is 0.379. The minimum absolute atomic E-state index is 0.0679. The number of fused-ring (bicyclic) bond motifs is 1. The van der Waals surface area contributed by atoms with E-state index in [9.17, 15) is 14.9 Å². The minimum Gasteiger partial charge on any atom is -0.467 e. The summed E-state index contributed by atoms with van der Waals surface area (Å²) in [6.45, 7) is 0. The third-order valence-electron chi connectivity index (χ3n) is 4.84. The average molecular weight is 458 g/mol. The minimum atomic E-state index is -0.488. The Labute approximate surface area is 190 Å². The first-order chi connectivity index (χ1) is 16.0. The largest absolute Gasteiger partial charge is 0.467 e. The third-order valence-corrected chi connectivity index (χ3v) is 5.92. The van der Waals surface area contributed by atoms with Crippen LogP contribution in [-0.2, 0) is 0 Å². The number of nitro benzene ring substituents is 1. The summed E-state index contributed by atoms with van der Waals surface area (Å²) in [4.78, 5) is 41.6. The topological polar surface area (TPSA) is 126 Å². The van der Waals surface area contributed by atoms with Crippen LogP contribution in [-0.4, -0.2) is 36.5 Å². The van der Waals surface area contributed by atoms with Crippen LogP contribution in [0.4, 0.5) is 5.69 Å². The number of nitro groups is 1. The van der Waals surface area contributed by atoms with Gasteiger partial charge in [0, 0.05) is 35.7 Å². The Kier molecular flexibility index (Phi) is 5.07. The summed E-state index contributed by atoms with van der Waals surface area (Å²) in [6.07, 6.45) is 3.13. The molecule has 5 rings (SSSR count). The van der Waals surface area contributed by atoms with Crippen molar-refractivity contribution in [2.75, 3.05) is 7.11 Å². The van der Waals surface area contributed by atoms with Crippen LogP contribution >= 0.6 is 11.3 Å². The number of nitrogens with zero attached hydrogens (tertiary/aromatic N) is 6. The molecule has 33 heavy (non-hydrogen) atoms. The van der Waals surface area contributed by atoms with Crippen LogP contribution in [0, 0.1) is 10.1 Å². The van der Waals surface area contributed by atoms with Gasteiger partial charge >= 0.3 is 6.01 Å². The number of hydrogen-bond donors (Lipinski definition) is 0. The lowest BCUT2D eigenvalue weighted by Crippen LogP contribution is -2.21. The van der Waals surface area contributed by atoms with Crippen LogP contribution in [0.15, 0.2) is 71.8 Å². The molecule has 0 saturated carbocycles. The normalized spacial score (nSPS) is 10.9. The van der Waals surface area contributed by atoms with E-state index in [4.69, 9.17) is 4.74 Å². The van der Waals surface area contributed by atoms with Gasteiger partial charge < -0.3 is 4.74 Å². The van der Waals surface area contributed by atoms with E-state index in [0.717, 1.165) is 0 Å². The van der Waals surface area contributed by atoms with Gasteiger partial charge in [-0.2, -0.15) is 0 Å². The van der Waals surface area contributed by atoms with Crippen molar-refractivity contribution in [1.29, 1.82) is 0 Å². The van der Waals surface area contributed by atoms with Gasteiger partial charge in [-0.05, 0) is 12.1 Å². The molecule has 11 heteroatoms. The fourth-order valence-corrected chi connectivity index (χ4v) is 4.18. The van der Waals surface area contributed by atoms with Gasteiger partial charge in [-0.1, -0.05) is 30.3 Å². The number of hydrogen-bond acceptors (Lipinski definition) is 9. The van der Waals surface area contributed by atoms with E-state index in [1.807, 2.05) is 30.3 Å². The van der Waals surface area contributed by atoms with Crippen molar-refractivity contribution in [2.24, 2.45) is 0 Å². The molecule has 0 atom stereocenters. The van der Waals surface area contributed by atoms with Crippen LogP contribution in [0.2, 0.25) is 0 Å². The molecule has 5 aromatic rings. The zero-order chi connectivity index (χ0) is 22.9. The second-order valence-corrected chi connectivity index (χ2v) is 7.84. The highest BCUT2D eigenvalue weighted by Crippen LogP contribution is 2.30. The number of benzene rings is 2. The van der Waals surface area contributed by atoms with Crippen LogP contribution in [0.1, 0.15) is 0 Å². The van der Waals surface area contributed by atoms with Gasteiger partial charge in [0.15, 0.2) is 5.65 Å². The molecule has 0 aliphatic rings. The molecule has 0 radical (unpaired) electrons. The Morgan fingerprint density at radius 2 is 1.67 bits per heavy atom. The Balaban J connectivity index is 1.74. The third kappa shape index (κ3) is 3.70. The molecule has 3 aromatic heterocycles. The van der Waals surface area contributed by atoms with Crippen molar-refractivity contribution in [3.63, 3.8) is 0 Å². The molecule has 10 nitrogen and oxygen atoms in total. The molecule has 0 fully saturated rings. The molecule has 0 spiro atoms. The summed E-state index contributed by atoms with van der Waals surface area (Å²) in [5, 5.41) is 11.6. The van der Waals surface area contributed by atoms with Gasteiger partial charge in [-0.15, -0.1) is 11.3 Å². The Morgan fingerprint density at radius 3 is 2.30 bits per heavy atom. The molecule has 0 aliphatic heterocycles. The van der Waals surface area contributed by atoms with Gasteiger partial charge in [0.05, 0.1) is 17.7 Å². The van der Waals surface area contributed by atoms with E-state index < -0.39 is 4.92 Å². The lowest BCUT2D eigenvalue weighted by atomic mass is 10.2. The SMILES string of the molecule is COc1ncc(-c2nc3nc(-c4ccccc4)n(-c4ccc([N+](=O)[O-])cc4)c(=O)c3s2)cn1. The number of methoxy groups -OCH3 is 1. The van der Waals surface area contributed by atoms with Crippen molar-refractivity contribution in [3.05, 3.63) is 87.5 Å². The van der Waals surface area contributed by atoms with E-state index in [1.165, 1.54) is 47.3 Å². The summed E-state index contributed by atoms with van der Waals surface area (Å²) < 4.78 is 6.77. The highest BCUT2D eigenvalue weighted by atomic mass is 32.1. The first kappa shape index (κ1) is 20.4. The molecule has 0 amide bonds. The monoisotopic (exact) mass is 458 g/mol. The number of ether oxygens (including phenoxy) is 1. The number of rotatable bonds is 5. The molecule has 0 saturated heterocycles. The highest BCUT2D eigenvalue weighted by Gasteiger charge is 2.19. The Hall–Kier alpha value is -4.51. The highest BCUT2D eigenvalue weighted by molar-refractivity contribution is 7.21. The van der Waals surface area contributed by atoms with Crippen molar-refractivity contribution in [3.8, 4) is 33.7 Å². The Morgan fingerprint density at radius 1 is 0.970 bits per heavy atom. The predicted octanol–water partition coefficient (Wildman–Crippen LogP) is 3.88. The fraction of sp³-hybridized carbons (Fsp3) is 0.0455. The van der Waals surface area contributed by atoms with Crippen LogP contribution in [0.3, 0.4) is 0 Å². The average Bonchev–Trinajstić information content (AvgIpc) is 3.29. The number of non-ortho nitro benzene ring substituents is 1. The molecule has 2 aromatic carbocycles. The van der Waals surface area contributed by atoms with Gasteiger partial charge in [0.1, 0.15) is 15.5 Å². The van der Waals surface area contributed by atoms with Gasteiger partial charge in [-0.3, -0.25) is 19.5 Å². The molecular formula is C22H14N6O4S. The predicted molar refractivity (Wildman–Crippen MR) is 123 cm³/mol. The quantitative estimate of drug-likeness (QED) is 0.287. The van der Waals surface area contributed by atoms with Crippen molar-refractivity contribution >= 4 is 27.4 Å². The van der Waals surface area contributed by atoms with E-state index in [0.29, 0.717) is 38.0 Å². The molecule has 0 unspecified atom stereocenters. The zero-order valence-electron chi connectivity index (χ0n) is 17.1. The van der Waals surface area contributed by atoms with E-state index in [1.54, 1.807) is 12.4 Å². The van der Waals surface area contributed by atoms with Gasteiger partial charge in [-0.25, -0.2) is 19.9 Å². The lowest BCUT2D eigenvalue weighted by molar-refractivity contribution is -0.384. The van der Waals surface area contributed by atoms with Crippen molar-refractivity contribution in [1.82, 2.24) is 24.5 Å². The molecule has 3 heterocycles. The van der Waals surface area contributed by atoms with Gasteiger partial charge in [0.25, 0.3) is 11.2 Å². The van der Waals surface area contributed by atoms with Crippen LogP contribution in [0.5, 0.6) is 6.01 Å². The van der Waals surface area contributed by atoms with Crippen molar-refractivity contribution < 1.29 is 9.66 Å². The second-order valence-electron chi connectivity index (χ2n) is 6.85. The molecule has 0 aliphatic carbocycles. The number of thiazole rings is 1.